The van der Waals surface area contributed by atoms with Crippen LogP contribution in [0, 0.1) is 12.8 Å². The highest BCUT2D eigenvalue weighted by atomic mass is 32.2. The third-order valence-corrected chi connectivity index (χ3v) is 8.60. The Hall–Kier alpha value is -1.86. The van der Waals surface area contributed by atoms with Crippen LogP contribution in [0.1, 0.15) is 88.3 Å². The van der Waals surface area contributed by atoms with Crippen molar-refractivity contribution >= 4 is 26.9 Å². The van der Waals surface area contributed by atoms with Crippen LogP contribution in [0.15, 0.2) is 27.5 Å². The van der Waals surface area contributed by atoms with Gasteiger partial charge in [-0.25, -0.2) is 8.42 Å². The molecule has 32 heavy (non-hydrogen) atoms. The van der Waals surface area contributed by atoms with Crippen LogP contribution in [0.2, 0.25) is 0 Å². The fourth-order valence-corrected chi connectivity index (χ4v) is 6.06. The topological polar surface area (TPSA) is 79.6 Å². The molecule has 2 aromatic rings. The molecule has 1 aliphatic rings. The van der Waals surface area contributed by atoms with Gasteiger partial charge in [0.25, 0.3) is 5.91 Å². The van der Waals surface area contributed by atoms with Gasteiger partial charge in [-0.3, -0.25) is 4.79 Å². The first-order valence-electron chi connectivity index (χ1n) is 12.1. The van der Waals surface area contributed by atoms with Crippen LogP contribution in [0.3, 0.4) is 0 Å². The average molecular weight is 463 g/mol. The van der Waals surface area contributed by atoms with Crippen LogP contribution in [0.4, 0.5) is 0 Å². The van der Waals surface area contributed by atoms with Crippen molar-refractivity contribution in [1.29, 1.82) is 0 Å². The largest absolute Gasteiger partial charge is 0.451 e. The molecule has 0 bridgehead atoms. The number of carbonyl (C=O) groups excluding carboxylic acids is 1. The second kappa shape index (κ2) is 10.8. The quantitative estimate of drug-likeness (QED) is 0.495. The second-order valence-corrected chi connectivity index (χ2v) is 11.1. The van der Waals surface area contributed by atoms with Gasteiger partial charge in [-0.15, -0.1) is 0 Å². The van der Waals surface area contributed by atoms with Crippen molar-refractivity contribution in [1.82, 2.24) is 9.62 Å². The highest BCUT2D eigenvalue weighted by Gasteiger charge is 2.28. The van der Waals surface area contributed by atoms with E-state index in [-0.39, 0.29) is 22.6 Å². The SMILES string of the molecule is CCCCN(CCCC)S(=O)(=O)c1ccc2oc(C(=O)N[C@@H]3CCCC[C@H]3C)c(C)c2c1. The number of hydrogen-bond donors (Lipinski definition) is 1. The summed E-state index contributed by atoms with van der Waals surface area (Å²) >= 11 is 0. The molecule has 0 spiro atoms. The van der Waals surface area contributed by atoms with Crippen LogP contribution < -0.4 is 5.32 Å². The van der Waals surface area contributed by atoms with Crippen LogP contribution >= 0.6 is 0 Å². The molecule has 1 fully saturated rings. The lowest BCUT2D eigenvalue weighted by atomic mass is 9.86. The van der Waals surface area contributed by atoms with E-state index in [2.05, 4.69) is 26.1 Å². The Morgan fingerprint density at radius 2 is 1.78 bits per heavy atom. The number of unbranched alkanes of at least 4 members (excludes halogenated alkanes) is 2. The van der Waals surface area contributed by atoms with E-state index >= 15 is 0 Å². The molecule has 0 aliphatic heterocycles. The number of hydrogen-bond acceptors (Lipinski definition) is 4. The van der Waals surface area contributed by atoms with Gasteiger partial charge in [-0.05, 0) is 56.7 Å². The molecule has 1 aliphatic carbocycles. The molecule has 3 rings (SSSR count). The molecule has 1 saturated carbocycles. The van der Waals surface area contributed by atoms with Gasteiger partial charge in [0.1, 0.15) is 5.58 Å². The van der Waals surface area contributed by atoms with Gasteiger partial charge in [0.05, 0.1) is 4.90 Å². The Kier molecular flexibility index (Phi) is 8.39. The van der Waals surface area contributed by atoms with Crippen LogP contribution in [-0.2, 0) is 10.0 Å². The van der Waals surface area contributed by atoms with E-state index in [1.165, 1.54) is 6.42 Å². The molecule has 0 radical (unpaired) electrons. The van der Waals surface area contributed by atoms with Crippen molar-refractivity contribution in [3.05, 3.63) is 29.5 Å². The van der Waals surface area contributed by atoms with E-state index in [0.29, 0.717) is 35.5 Å². The van der Waals surface area contributed by atoms with Crippen molar-refractivity contribution in [3.8, 4) is 0 Å². The smallest absolute Gasteiger partial charge is 0.287 e. The highest BCUT2D eigenvalue weighted by molar-refractivity contribution is 7.89. The number of nitrogens with one attached hydrogen (secondary N) is 1. The summed E-state index contributed by atoms with van der Waals surface area (Å²) in [5.41, 5.74) is 1.23. The van der Waals surface area contributed by atoms with E-state index in [0.717, 1.165) is 44.9 Å². The molecule has 6 nitrogen and oxygen atoms in total. The van der Waals surface area contributed by atoms with Crippen molar-refractivity contribution in [2.24, 2.45) is 5.92 Å². The Balaban J connectivity index is 1.88. The third kappa shape index (κ3) is 5.37. The molecule has 178 valence electrons. The summed E-state index contributed by atoms with van der Waals surface area (Å²) in [5.74, 6) is 0.516. The fraction of sp³-hybridized carbons (Fsp3) is 0.640. The number of nitrogens with zero attached hydrogens (tertiary/aromatic N) is 1. The van der Waals surface area contributed by atoms with E-state index < -0.39 is 10.0 Å². The van der Waals surface area contributed by atoms with E-state index in [1.807, 2.05) is 6.92 Å². The van der Waals surface area contributed by atoms with Crippen molar-refractivity contribution in [3.63, 3.8) is 0 Å². The number of benzene rings is 1. The summed E-state index contributed by atoms with van der Waals surface area (Å²) in [6, 6.07) is 5.09. The highest BCUT2D eigenvalue weighted by Crippen LogP contribution is 2.30. The van der Waals surface area contributed by atoms with Gasteiger partial charge in [-0.2, -0.15) is 4.31 Å². The van der Waals surface area contributed by atoms with Crippen molar-refractivity contribution < 1.29 is 17.6 Å². The van der Waals surface area contributed by atoms with Crippen molar-refractivity contribution in [2.45, 2.75) is 90.0 Å². The normalized spacial score (nSPS) is 19.5. The molecule has 1 aromatic carbocycles. The van der Waals surface area contributed by atoms with Gasteiger partial charge in [0.2, 0.25) is 10.0 Å². The standard InChI is InChI=1S/C25H38N2O4S/c1-5-7-15-27(16-8-6-2)32(29,30)20-13-14-23-21(17-20)19(4)24(31-23)25(28)26-22-12-10-9-11-18(22)3/h13-14,17-18,22H,5-12,15-16H2,1-4H3,(H,26,28)/t18-,22-/m1/s1. The molecular weight excluding hydrogens is 424 g/mol. The van der Waals surface area contributed by atoms with Crippen LogP contribution in [0.25, 0.3) is 11.0 Å². The number of aryl methyl sites for hydroxylation is 1. The predicted octanol–water partition coefficient (Wildman–Crippen LogP) is 5.64. The zero-order valence-corrected chi connectivity index (χ0v) is 20.8. The molecule has 1 aromatic heterocycles. The minimum atomic E-state index is -3.60. The first-order valence-corrected chi connectivity index (χ1v) is 13.6. The van der Waals surface area contributed by atoms with Gasteiger partial charge in [0.15, 0.2) is 5.76 Å². The zero-order valence-electron chi connectivity index (χ0n) is 19.9. The van der Waals surface area contributed by atoms with Gasteiger partial charge in [0, 0.05) is 30.1 Å². The number of sulfonamides is 1. The number of carbonyl (C=O) groups is 1. The second-order valence-electron chi connectivity index (χ2n) is 9.17. The number of amides is 1. The minimum Gasteiger partial charge on any atom is -0.451 e. The van der Waals surface area contributed by atoms with Crippen LogP contribution in [-0.4, -0.2) is 37.8 Å². The Morgan fingerprint density at radius 3 is 2.41 bits per heavy atom. The Labute approximate surface area is 192 Å². The lowest BCUT2D eigenvalue weighted by molar-refractivity contribution is 0.0883. The first kappa shape index (κ1) is 24.8. The molecule has 1 N–H and O–H groups in total. The van der Waals surface area contributed by atoms with Gasteiger partial charge in [-0.1, -0.05) is 46.5 Å². The lowest BCUT2D eigenvalue weighted by Crippen LogP contribution is -2.41. The van der Waals surface area contributed by atoms with E-state index in [4.69, 9.17) is 4.42 Å². The predicted molar refractivity (Wildman–Crippen MR) is 128 cm³/mol. The summed E-state index contributed by atoms with van der Waals surface area (Å²) in [6.07, 6.45) is 7.99. The third-order valence-electron chi connectivity index (χ3n) is 6.70. The van der Waals surface area contributed by atoms with E-state index in [1.54, 1.807) is 22.5 Å². The first-order chi connectivity index (χ1) is 15.3. The minimum absolute atomic E-state index is 0.158. The zero-order chi connectivity index (χ0) is 23.3. The summed E-state index contributed by atoms with van der Waals surface area (Å²) in [5, 5.41) is 3.82. The lowest BCUT2D eigenvalue weighted by Gasteiger charge is -2.29. The monoisotopic (exact) mass is 462 g/mol. The van der Waals surface area contributed by atoms with Crippen LogP contribution in [0.5, 0.6) is 0 Å². The molecule has 0 saturated heterocycles. The van der Waals surface area contributed by atoms with E-state index in [9.17, 15) is 13.2 Å². The van der Waals surface area contributed by atoms with Gasteiger partial charge < -0.3 is 9.73 Å². The number of rotatable bonds is 10. The molecule has 1 amide bonds. The molecule has 1 heterocycles. The molecule has 2 atom stereocenters. The maximum absolute atomic E-state index is 13.4. The Morgan fingerprint density at radius 1 is 1.12 bits per heavy atom. The molecule has 7 heteroatoms. The number of furan rings is 1. The summed E-state index contributed by atoms with van der Waals surface area (Å²) in [4.78, 5) is 13.2. The van der Waals surface area contributed by atoms with Crippen molar-refractivity contribution in [2.75, 3.05) is 13.1 Å². The molecule has 0 unspecified atom stereocenters. The van der Waals surface area contributed by atoms with Gasteiger partial charge >= 0.3 is 0 Å². The number of fused-ring (bicyclic) bond motifs is 1. The Bertz CT molecular complexity index is 1020. The fourth-order valence-electron chi connectivity index (χ4n) is 4.51. The summed E-state index contributed by atoms with van der Waals surface area (Å²) in [6.45, 7) is 9.17. The average Bonchev–Trinajstić information content (AvgIpc) is 3.11. The maximum Gasteiger partial charge on any atom is 0.287 e. The summed E-state index contributed by atoms with van der Waals surface area (Å²) in [7, 11) is -3.60. The maximum atomic E-state index is 13.4. The molecular formula is C25H38N2O4S. The summed E-state index contributed by atoms with van der Waals surface area (Å²) < 4.78 is 34.2.